The molecule has 4 aromatic rings. The van der Waals surface area contributed by atoms with Gasteiger partial charge in [-0.05, 0) is 24.1 Å². The van der Waals surface area contributed by atoms with Gasteiger partial charge in [0.15, 0.2) is 11.2 Å². The quantitative estimate of drug-likeness (QED) is 0.529. The lowest BCUT2D eigenvalue weighted by Crippen LogP contribution is -2.31. The second kappa shape index (κ2) is 7.79. The maximum absolute atomic E-state index is 12.8. The number of hydrogen-bond acceptors (Lipinski definition) is 4. The number of H-pyrrole nitrogens is 1. The van der Waals surface area contributed by atoms with Crippen LogP contribution in [0.4, 0.5) is 0 Å². The molecule has 0 fully saturated rings. The number of phenols is 1. The molecule has 2 heterocycles. The van der Waals surface area contributed by atoms with Gasteiger partial charge in [-0.1, -0.05) is 55.8 Å². The minimum Gasteiger partial charge on any atom is -0.508 e. The molecule has 2 aromatic heterocycles. The number of fused-ring (bicyclic) bond motifs is 1. The third-order valence-electron chi connectivity index (χ3n) is 4.91. The predicted molar refractivity (Wildman–Crippen MR) is 112 cm³/mol. The molecule has 0 radical (unpaired) electrons. The number of aromatic amines is 1. The summed E-state index contributed by atoms with van der Waals surface area (Å²) < 4.78 is 3.33. The SMILES string of the molecule is CCCCn1c(=O)[nH]c(=O)c2c1nc(-c1cccc(O)c1)n2Cc1ccccc1. The summed E-state index contributed by atoms with van der Waals surface area (Å²) in [5.41, 5.74) is 1.46. The fourth-order valence-electron chi connectivity index (χ4n) is 3.48. The van der Waals surface area contributed by atoms with Crippen LogP contribution in [0.5, 0.6) is 5.75 Å². The van der Waals surface area contributed by atoms with Crippen LogP contribution in [0.3, 0.4) is 0 Å². The first-order valence-corrected chi connectivity index (χ1v) is 9.65. The summed E-state index contributed by atoms with van der Waals surface area (Å²) in [7, 11) is 0. The molecule has 29 heavy (non-hydrogen) atoms. The second-order valence-electron chi connectivity index (χ2n) is 6.99. The second-order valence-corrected chi connectivity index (χ2v) is 6.99. The number of aromatic hydroxyl groups is 1. The summed E-state index contributed by atoms with van der Waals surface area (Å²) in [6, 6.07) is 16.5. The summed E-state index contributed by atoms with van der Waals surface area (Å²) in [5.74, 6) is 0.638. The van der Waals surface area contributed by atoms with Crippen LogP contribution in [0.1, 0.15) is 25.3 Å². The average molecular weight is 390 g/mol. The van der Waals surface area contributed by atoms with Crippen LogP contribution < -0.4 is 11.2 Å². The number of imidazole rings is 1. The van der Waals surface area contributed by atoms with Crippen molar-refractivity contribution in [2.24, 2.45) is 0 Å². The van der Waals surface area contributed by atoms with Gasteiger partial charge in [0.25, 0.3) is 5.56 Å². The molecule has 0 saturated carbocycles. The average Bonchev–Trinajstić information content (AvgIpc) is 3.08. The Morgan fingerprint density at radius 1 is 1.03 bits per heavy atom. The van der Waals surface area contributed by atoms with Crippen molar-refractivity contribution in [1.82, 2.24) is 19.1 Å². The standard InChI is InChI=1S/C22H22N4O3/c1-2-3-12-25-20-18(21(28)24-22(25)29)26(14-15-8-5-4-6-9-15)19(23-20)16-10-7-11-17(27)13-16/h4-11,13,27H,2-3,12,14H2,1H3,(H,24,28,29). The van der Waals surface area contributed by atoms with Crippen molar-refractivity contribution >= 4 is 11.2 Å². The first-order chi connectivity index (χ1) is 14.1. The molecular weight excluding hydrogens is 368 g/mol. The van der Waals surface area contributed by atoms with Gasteiger partial charge >= 0.3 is 5.69 Å². The van der Waals surface area contributed by atoms with Gasteiger partial charge in [-0.3, -0.25) is 14.3 Å². The van der Waals surface area contributed by atoms with Crippen molar-refractivity contribution in [3.8, 4) is 17.1 Å². The number of rotatable bonds is 6. The Hall–Kier alpha value is -3.61. The van der Waals surface area contributed by atoms with Crippen LogP contribution in [-0.4, -0.2) is 24.2 Å². The first kappa shape index (κ1) is 18.7. The molecule has 2 N–H and O–H groups in total. The number of nitrogens with zero attached hydrogens (tertiary/aromatic N) is 3. The molecule has 0 unspecified atom stereocenters. The molecule has 4 rings (SSSR count). The maximum Gasteiger partial charge on any atom is 0.330 e. The van der Waals surface area contributed by atoms with E-state index in [1.165, 1.54) is 4.57 Å². The Kier molecular flexibility index (Phi) is 5.03. The normalized spacial score (nSPS) is 11.2. The van der Waals surface area contributed by atoms with Gasteiger partial charge < -0.3 is 9.67 Å². The number of benzene rings is 2. The molecule has 0 bridgehead atoms. The van der Waals surface area contributed by atoms with Gasteiger partial charge in [0, 0.05) is 18.7 Å². The van der Waals surface area contributed by atoms with Crippen molar-refractivity contribution in [1.29, 1.82) is 0 Å². The summed E-state index contributed by atoms with van der Waals surface area (Å²) in [5, 5.41) is 9.94. The molecule has 0 aliphatic heterocycles. The minimum atomic E-state index is -0.465. The minimum absolute atomic E-state index is 0.109. The van der Waals surface area contributed by atoms with Crippen molar-refractivity contribution in [3.63, 3.8) is 0 Å². The van der Waals surface area contributed by atoms with E-state index < -0.39 is 11.2 Å². The van der Waals surface area contributed by atoms with Gasteiger partial charge in [0.05, 0.1) is 0 Å². The topological polar surface area (TPSA) is 92.9 Å². The number of phenolic OH excluding ortho intramolecular Hbond substituents is 1. The van der Waals surface area contributed by atoms with Crippen LogP contribution in [0.15, 0.2) is 64.2 Å². The summed E-state index contributed by atoms with van der Waals surface area (Å²) in [6.45, 7) is 2.93. The first-order valence-electron chi connectivity index (χ1n) is 9.65. The molecule has 0 aliphatic rings. The molecule has 7 nitrogen and oxygen atoms in total. The predicted octanol–water partition coefficient (Wildman–Crippen LogP) is 3.11. The Labute approximate surface area is 166 Å². The lowest BCUT2D eigenvalue weighted by atomic mass is 10.2. The van der Waals surface area contributed by atoms with E-state index in [0.717, 1.165) is 18.4 Å². The lowest BCUT2D eigenvalue weighted by Gasteiger charge is -2.10. The van der Waals surface area contributed by atoms with Gasteiger partial charge in [-0.25, -0.2) is 9.78 Å². The maximum atomic E-state index is 12.8. The monoisotopic (exact) mass is 390 g/mol. The number of aromatic nitrogens is 4. The van der Waals surface area contributed by atoms with E-state index >= 15 is 0 Å². The Bertz CT molecular complexity index is 1270. The van der Waals surface area contributed by atoms with E-state index in [4.69, 9.17) is 0 Å². The van der Waals surface area contributed by atoms with E-state index in [1.807, 2.05) is 43.3 Å². The van der Waals surface area contributed by atoms with E-state index in [0.29, 0.717) is 35.6 Å². The molecule has 0 aliphatic carbocycles. The van der Waals surface area contributed by atoms with Gasteiger partial charge in [0.1, 0.15) is 11.6 Å². The molecule has 0 spiro atoms. The highest BCUT2D eigenvalue weighted by Crippen LogP contribution is 2.26. The van der Waals surface area contributed by atoms with Gasteiger partial charge in [-0.2, -0.15) is 0 Å². The van der Waals surface area contributed by atoms with Crippen LogP contribution in [0.25, 0.3) is 22.6 Å². The molecule has 7 heteroatoms. The van der Waals surface area contributed by atoms with Crippen molar-refractivity contribution < 1.29 is 5.11 Å². The Morgan fingerprint density at radius 3 is 2.55 bits per heavy atom. The van der Waals surface area contributed by atoms with Crippen molar-refractivity contribution in [2.45, 2.75) is 32.9 Å². The summed E-state index contributed by atoms with van der Waals surface area (Å²) in [6.07, 6.45) is 1.71. The fraction of sp³-hybridized carbons (Fsp3) is 0.227. The highest BCUT2D eigenvalue weighted by Gasteiger charge is 2.20. The highest BCUT2D eigenvalue weighted by atomic mass is 16.3. The lowest BCUT2D eigenvalue weighted by molar-refractivity contribution is 0.475. The molecule has 0 saturated heterocycles. The largest absolute Gasteiger partial charge is 0.508 e. The van der Waals surface area contributed by atoms with Crippen molar-refractivity contribution in [2.75, 3.05) is 0 Å². The highest BCUT2D eigenvalue weighted by molar-refractivity contribution is 5.77. The zero-order valence-corrected chi connectivity index (χ0v) is 16.1. The number of hydrogen-bond donors (Lipinski definition) is 2. The van der Waals surface area contributed by atoms with Crippen LogP contribution >= 0.6 is 0 Å². The van der Waals surface area contributed by atoms with Crippen LogP contribution in [-0.2, 0) is 13.1 Å². The van der Waals surface area contributed by atoms with E-state index in [2.05, 4.69) is 9.97 Å². The fourth-order valence-corrected chi connectivity index (χ4v) is 3.48. The third kappa shape index (κ3) is 3.59. The molecule has 0 atom stereocenters. The third-order valence-corrected chi connectivity index (χ3v) is 4.91. The number of nitrogens with one attached hydrogen (secondary N) is 1. The zero-order valence-electron chi connectivity index (χ0n) is 16.1. The van der Waals surface area contributed by atoms with Crippen LogP contribution in [0.2, 0.25) is 0 Å². The van der Waals surface area contributed by atoms with E-state index in [9.17, 15) is 14.7 Å². The Balaban J connectivity index is 2.02. The Morgan fingerprint density at radius 2 is 1.83 bits per heavy atom. The number of aryl methyl sites for hydroxylation is 1. The van der Waals surface area contributed by atoms with E-state index in [-0.39, 0.29) is 5.75 Å². The zero-order chi connectivity index (χ0) is 20.4. The summed E-state index contributed by atoms with van der Waals surface area (Å²) in [4.78, 5) is 32.3. The van der Waals surface area contributed by atoms with Crippen molar-refractivity contribution in [3.05, 3.63) is 81.0 Å². The van der Waals surface area contributed by atoms with Gasteiger partial charge in [-0.15, -0.1) is 0 Å². The number of unbranched alkanes of at least 4 members (excludes halogenated alkanes) is 1. The summed E-state index contributed by atoms with van der Waals surface area (Å²) >= 11 is 0. The molecule has 2 aromatic carbocycles. The van der Waals surface area contributed by atoms with Crippen LogP contribution in [0, 0.1) is 0 Å². The van der Waals surface area contributed by atoms with Gasteiger partial charge in [0.2, 0.25) is 0 Å². The molecule has 148 valence electrons. The smallest absolute Gasteiger partial charge is 0.330 e. The van der Waals surface area contributed by atoms with E-state index in [1.54, 1.807) is 22.8 Å². The molecular formula is C22H22N4O3. The molecule has 0 amide bonds.